The summed E-state index contributed by atoms with van der Waals surface area (Å²) in [4.78, 5) is 14.1. The molecule has 0 aliphatic carbocycles. The lowest BCUT2D eigenvalue weighted by molar-refractivity contribution is -0.384. The van der Waals surface area contributed by atoms with Crippen molar-refractivity contribution in [2.45, 2.75) is 12.1 Å². The molecule has 2 atom stereocenters. The van der Waals surface area contributed by atoms with Crippen LogP contribution in [-0.2, 0) is 9.84 Å². The van der Waals surface area contributed by atoms with E-state index >= 15 is 0 Å². The Morgan fingerprint density at radius 1 is 1.00 bits per heavy atom. The number of methoxy groups -OCH3 is 1. The van der Waals surface area contributed by atoms with E-state index in [1.54, 1.807) is 36.3 Å². The molecule has 146 valence electrons. The highest BCUT2D eigenvalue weighted by Gasteiger charge is 2.52. The number of nitro benzene ring substituents is 1. The summed E-state index contributed by atoms with van der Waals surface area (Å²) in [5.74, 6) is 0.686. The highest BCUT2D eigenvalue weighted by molar-refractivity contribution is 7.91. The Hall–Kier alpha value is -2.72. The lowest BCUT2D eigenvalue weighted by atomic mass is 10.1. The molecule has 0 N–H and O–H groups in total. The van der Waals surface area contributed by atoms with Crippen molar-refractivity contribution < 1.29 is 18.1 Å². The third-order valence-electron chi connectivity index (χ3n) is 5.06. The summed E-state index contributed by atoms with van der Waals surface area (Å²) in [6.45, 7) is 0. The highest BCUT2D eigenvalue weighted by atomic mass is 32.2. The number of ether oxygens (including phenoxy) is 1. The number of rotatable bonds is 4. The maximum atomic E-state index is 12.3. The van der Waals surface area contributed by atoms with Crippen LogP contribution >= 0.6 is 12.2 Å². The molecule has 2 heterocycles. The molecule has 0 radical (unpaired) electrons. The van der Waals surface area contributed by atoms with Crippen LogP contribution in [0.4, 0.5) is 17.1 Å². The van der Waals surface area contributed by atoms with Crippen molar-refractivity contribution in [2.24, 2.45) is 0 Å². The minimum atomic E-state index is -3.22. The SMILES string of the molecule is COc1ccc(N2C(=S)N(c3ccc([N+](=O)[O-])cc3)C3CS(=O)(=O)CC32)cc1. The van der Waals surface area contributed by atoms with E-state index in [2.05, 4.69) is 0 Å². The molecule has 8 nitrogen and oxygen atoms in total. The van der Waals surface area contributed by atoms with Crippen molar-refractivity contribution in [1.29, 1.82) is 0 Å². The van der Waals surface area contributed by atoms with Crippen molar-refractivity contribution in [1.82, 2.24) is 0 Å². The molecular weight excluding hydrogens is 402 g/mol. The van der Waals surface area contributed by atoms with Crippen LogP contribution in [0.25, 0.3) is 0 Å². The lowest BCUT2D eigenvalue weighted by Crippen LogP contribution is -2.37. The van der Waals surface area contributed by atoms with Gasteiger partial charge < -0.3 is 14.5 Å². The van der Waals surface area contributed by atoms with Crippen LogP contribution in [0, 0.1) is 10.1 Å². The van der Waals surface area contributed by atoms with Crippen molar-refractivity contribution in [3.63, 3.8) is 0 Å². The van der Waals surface area contributed by atoms with Crippen molar-refractivity contribution in [3.8, 4) is 5.75 Å². The second kappa shape index (κ2) is 6.71. The lowest BCUT2D eigenvalue weighted by Gasteiger charge is -2.25. The molecule has 2 aromatic carbocycles. The van der Waals surface area contributed by atoms with Crippen LogP contribution in [0.15, 0.2) is 48.5 Å². The van der Waals surface area contributed by atoms with Gasteiger partial charge in [-0.1, -0.05) is 0 Å². The molecule has 2 saturated heterocycles. The second-order valence-corrected chi connectivity index (χ2v) is 9.22. The van der Waals surface area contributed by atoms with E-state index in [1.807, 2.05) is 17.0 Å². The van der Waals surface area contributed by atoms with E-state index in [0.29, 0.717) is 16.5 Å². The van der Waals surface area contributed by atoms with Gasteiger partial charge in [0, 0.05) is 23.5 Å². The quantitative estimate of drug-likeness (QED) is 0.424. The van der Waals surface area contributed by atoms with Crippen LogP contribution in [0.5, 0.6) is 5.75 Å². The minimum Gasteiger partial charge on any atom is -0.497 e. The summed E-state index contributed by atoms with van der Waals surface area (Å²) in [7, 11) is -1.65. The maximum Gasteiger partial charge on any atom is 0.269 e. The van der Waals surface area contributed by atoms with Gasteiger partial charge in [0.15, 0.2) is 14.9 Å². The average Bonchev–Trinajstić information content (AvgIpc) is 3.10. The summed E-state index contributed by atoms with van der Waals surface area (Å²) < 4.78 is 29.9. The van der Waals surface area contributed by atoms with E-state index in [4.69, 9.17) is 17.0 Å². The minimum absolute atomic E-state index is 0.00726. The fraction of sp³-hybridized carbons (Fsp3) is 0.278. The molecule has 2 unspecified atom stereocenters. The largest absolute Gasteiger partial charge is 0.497 e. The molecule has 10 heteroatoms. The smallest absolute Gasteiger partial charge is 0.269 e. The van der Waals surface area contributed by atoms with Gasteiger partial charge in [-0.3, -0.25) is 10.1 Å². The Morgan fingerprint density at radius 3 is 1.89 bits per heavy atom. The molecule has 4 rings (SSSR count). The molecule has 2 fully saturated rings. The molecule has 0 saturated carbocycles. The monoisotopic (exact) mass is 419 g/mol. The van der Waals surface area contributed by atoms with E-state index < -0.39 is 14.8 Å². The van der Waals surface area contributed by atoms with Crippen LogP contribution in [0.1, 0.15) is 0 Å². The molecule has 28 heavy (non-hydrogen) atoms. The van der Waals surface area contributed by atoms with Gasteiger partial charge in [0.25, 0.3) is 5.69 Å². The van der Waals surface area contributed by atoms with Gasteiger partial charge in [0.1, 0.15) is 5.75 Å². The van der Waals surface area contributed by atoms with E-state index in [-0.39, 0.29) is 29.3 Å². The molecule has 0 amide bonds. The number of nitrogens with zero attached hydrogens (tertiary/aromatic N) is 3. The maximum absolute atomic E-state index is 12.3. The number of fused-ring (bicyclic) bond motifs is 1. The summed E-state index contributed by atoms with van der Waals surface area (Å²) >= 11 is 5.69. The number of benzene rings is 2. The molecule has 0 aromatic heterocycles. The van der Waals surface area contributed by atoms with E-state index in [1.165, 1.54) is 12.1 Å². The number of anilines is 2. The second-order valence-electron chi connectivity index (χ2n) is 6.71. The topological polar surface area (TPSA) is 93.0 Å². The fourth-order valence-electron chi connectivity index (χ4n) is 3.79. The van der Waals surface area contributed by atoms with Gasteiger partial charge in [0.2, 0.25) is 0 Å². The third-order valence-corrected chi connectivity index (χ3v) is 7.15. The van der Waals surface area contributed by atoms with Crippen molar-refractivity contribution >= 4 is 44.2 Å². The summed E-state index contributed by atoms with van der Waals surface area (Å²) in [6, 6.07) is 12.6. The zero-order valence-electron chi connectivity index (χ0n) is 14.9. The Kier molecular flexibility index (Phi) is 4.47. The van der Waals surface area contributed by atoms with Gasteiger partial charge in [-0.05, 0) is 48.6 Å². The summed E-state index contributed by atoms with van der Waals surface area (Å²) in [6.07, 6.45) is 0. The van der Waals surface area contributed by atoms with Gasteiger partial charge in [0.05, 0.1) is 35.6 Å². The van der Waals surface area contributed by atoms with E-state index in [9.17, 15) is 18.5 Å². The van der Waals surface area contributed by atoms with Crippen LogP contribution in [0.3, 0.4) is 0 Å². The first-order chi connectivity index (χ1) is 13.3. The fourth-order valence-corrected chi connectivity index (χ4v) is 6.19. The number of sulfone groups is 1. The third kappa shape index (κ3) is 3.08. The zero-order chi connectivity index (χ0) is 20.1. The van der Waals surface area contributed by atoms with Crippen LogP contribution in [-0.4, -0.2) is 49.2 Å². The Morgan fingerprint density at radius 2 is 1.46 bits per heavy atom. The number of non-ortho nitro benzene ring substituents is 1. The Balaban J connectivity index is 1.74. The van der Waals surface area contributed by atoms with Gasteiger partial charge in [-0.25, -0.2) is 8.42 Å². The predicted molar refractivity (Wildman–Crippen MR) is 110 cm³/mol. The normalized spacial score (nSPS) is 23.0. The number of nitro groups is 1. The van der Waals surface area contributed by atoms with Gasteiger partial charge >= 0.3 is 0 Å². The Labute approximate surface area is 167 Å². The molecule has 0 spiro atoms. The highest BCUT2D eigenvalue weighted by Crippen LogP contribution is 2.38. The van der Waals surface area contributed by atoms with Gasteiger partial charge in [-0.15, -0.1) is 0 Å². The number of thiocarbonyl (C=S) groups is 1. The molecule has 2 aliphatic rings. The van der Waals surface area contributed by atoms with Gasteiger partial charge in [-0.2, -0.15) is 0 Å². The van der Waals surface area contributed by atoms with Crippen molar-refractivity contribution in [3.05, 3.63) is 58.6 Å². The average molecular weight is 419 g/mol. The standard InChI is InChI=1S/C18H17N3O5S2/c1-26-15-8-6-13(7-9-15)20-17-11-28(24,25)10-16(17)19(18(20)27)12-2-4-14(5-3-12)21(22)23/h2-9,16-17H,10-11H2,1H3. The molecule has 0 bridgehead atoms. The van der Waals surface area contributed by atoms with Crippen molar-refractivity contribution in [2.75, 3.05) is 28.4 Å². The molecular formula is C18H17N3O5S2. The summed E-state index contributed by atoms with van der Waals surface area (Å²) in [5.41, 5.74) is 1.39. The number of hydrogen-bond donors (Lipinski definition) is 0. The number of hydrogen-bond acceptors (Lipinski definition) is 6. The molecule has 2 aromatic rings. The van der Waals surface area contributed by atoms with Crippen LogP contribution in [0.2, 0.25) is 0 Å². The first kappa shape index (κ1) is 18.6. The predicted octanol–water partition coefficient (Wildman–Crippen LogP) is 2.38. The van der Waals surface area contributed by atoms with E-state index in [0.717, 1.165) is 5.69 Å². The van der Waals surface area contributed by atoms with Crippen LogP contribution < -0.4 is 14.5 Å². The first-order valence-electron chi connectivity index (χ1n) is 8.52. The molecule has 2 aliphatic heterocycles. The Bertz CT molecular complexity index is 1040. The zero-order valence-corrected chi connectivity index (χ0v) is 16.5. The first-order valence-corrected chi connectivity index (χ1v) is 10.7. The summed E-state index contributed by atoms with van der Waals surface area (Å²) in [5, 5.41) is 11.4.